The molecule has 1 fully saturated rings. The first-order chi connectivity index (χ1) is 12.1. The van der Waals surface area contributed by atoms with Crippen molar-refractivity contribution in [1.82, 2.24) is 5.32 Å². The van der Waals surface area contributed by atoms with E-state index >= 15 is 0 Å². The second-order valence-corrected chi connectivity index (χ2v) is 7.09. The molecule has 0 unspecified atom stereocenters. The first kappa shape index (κ1) is 17.7. The van der Waals surface area contributed by atoms with Gasteiger partial charge in [0.15, 0.2) is 5.11 Å². The summed E-state index contributed by atoms with van der Waals surface area (Å²) < 4.78 is 13.2. The highest BCUT2D eigenvalue weighted by Crippen LogP contribution is 2.23. The number of anilines is 2. The van der Waals surface area contributed by atoms with E-state index in [1.807, 2.05) is 0 Å². The summed E-state index contributed by atoms with van der Waals surface area (Å²) in [6.07, 6.45) is 2.60. The van der Waals surface area contributed by atoms with Crippen LogP contribution >= 0.6 is 12.2 Å². The molecule has 3 nitrogen and oxygen atoms in total. The molecule has 2 N–H and O–H groups in total. The molecule has 0 amide bonds. The highest BCUT2D eigenvalue weighted by molar-refractivity contribution is 7.80. The zero-order chi connectivity index (χ0) is 17.6. The smallest absolute Gasteiger partial charge is 0.171 e. The SMILES string of the molecule is C[C@H]1CCCN(c2ccc(CNC(=S)Nc3cccc(F)c3)cc2)C1. The van der Waals surface area contributed by atoms with Crippen LogP contribution in [-0.4, -0.2) is 18.2 Å². The minimum Gasteiger partial charge on any atom is -0.371 e. The fourth-order valence-electron chi connectivity index (χ4n) is 3.17. The van der Waals surface area contributed by atoms with E-state index in [9.17, 15) is 4.39 Å². The highest BCUT2D eigenvalue weighted by Gasteiger charge is 2.16. The van der Waals surface area contributed by atoms with Gasteiger partial charge in [0.05, 0.1) is 0 Å². The van der Waals surface area contributed by atoms with Gasteiger partial charge in [-0.15, -0.1) is 0 Å². The van der Waals surface area contributed by atoms with E-state index in [1.165, 1.54) is 30.7 Å². The lowest BCUT2D eigenvalue weighted by Crippen LogP contribution is -2.34. The summed E-state index contributed by atoms with van der Waals surface area (Å²) in [5.74, 6) is 0.483. The summed E-state index contributed by atoms with van der Waals surface area (Å²) in [5, 5.41) is 6.64. The summed E-state index contributed by atoms with van der Waals surface area (Å²) in [6.45, 7) is 5.23. The Morgan fingerprint density at radius 3 is 2.76 bits per heavy atom. The van der Waals surface area contributed by atoms with E-state index in [4.69, 9.17) is 12.2 Å². The summed E-state index contributed by atoms with van der Waals surface area (Å²) in [7, 11) is 0. The van der Waals surface area contributed by atoms with Crippen LogP contribution in [0.2, 0.25) is 0 Å². The standard InChI is InChI=1S/C20H24FN3S/c1-15-4-3-11-24(14-15)19-9-7-16(8-10-19)13-22-20(25)23-18-6-2-5-17(21)12-18/h2,5-10,12,15H,3-4,11,13-14H2,1H3,(H2,22,23,25)/t15-/m0/s1. The first-order valence-electron chi connectivity index (χ1n) is 8.74. The van der Waals surface area contributed by atoms with Crippen molar-refractivity contribution in [2.75, 3.05) is 23.3 Å². The summed E-state index contributed by atoms with van der Waals surface area (Å²) >= 11 is 5.27. The number of benzene rings is 2. The molecule has 1 aliphatic rings. The molecule has 1 atom stereocenters. The lowest BCUT2D eigenvalue weighted by atomic mass is 9.99. The Hall–Kier alpha value is -2.14. The lowest BCUT2D eigenvalue weighted by Gasteiger charge is -2.32. The van der Waals surface area contributed by atoms with E-state index in [2.05, 4.69) is 46.7 Å². The van der Waals surface area contributed by atoms with E-state index in [-0.39, 0.29) is 5.82 Å². The zero-order valence-corrected chi connectivity index (χ0v) is 15.3. The van der Waals surface area contributed by atoms with Crippen LogP contribution in [0.5, 0.6) is 0 Å². The highest BCUT2D eigenvalue weighted by atomic mass is 32.1. The van der Waals surface area contributed by atoms with Crippen LogP contribution in [0.1, 0.15) is 25.3 Å². The molecule has 2 aromatic rings. The van der Waals surface area contributed by atoms with Gasteiger partial charge in [-0.1, -0.05) is 25.1 Å². The molecule has 0 spiro atoms. The van der Waals surface area contributed by atoms with Crippen LogP contribution < -0.4 is 15.5 Å². The second-order valence-electron chi connectivity index (χ2n) is 6.68. The van der Waals surface area contributed by atoms with Gasteiger partial charge >= 0.3 is 0 Å². The minimum atomic E-state index is -0.282. The molecule has 0 bridgehead atoms. The van der Waals surface area contributed by atoms with Crippen molar-refractivity contribution in [3.05, 3.63) is 59.9 Å². The number of hydrogen-bond acceptors (Lipinski definition) is 2. The first-order valence-corrected chi connectivity index (χ1v) is 9.15. The third-order valence-corrected chi connectivity index (χ3v) is 4.74. The number of rotatable bonds is 4. The molecule has 5 heteroatoms. The molecule has 25 heavy (non-hydrogen) atoms. The quantitative estimate of drug-likeness (QED) is 0.785. The monoisotopic (exact) mass is 357 g/mol. The predicted octanol–water partition coefficient (Wildman–Crippen LogP) is 4.55. The molecule has 0 radical (unpaired) electrons. The van der Waals surface area contributed by atoms with Crippen LogP contribution in [0.15, 0.2) is 48.5 Å². The van der Waals surface area contributed by atoms with Crippen molar-refractivity contribution in [1.29, 1.82) is 0 Å². The maximum Gasteiger partial charge on any atom is 0.171 e. The summed E-state index contributed by atoms with van der Waals surface area (Å²) in [4.78, 5) is 2.46. The number of piperidine rings is 1. The van der Waals surface area contributed by atoms with Crippen molar-refractivity contribution in [3.8, 4) is 0 Å². The molecule has 132 valence electrons. The molecular formula is C20H24FN3S. The molecule has 1 aliphatic heterocycles. The van der Waals surface area contributed by atoms with Gasteiger partial charge in [-0.2, -0.15) is 0 Å². The Morgan fingerprint density at radius 1 is 1.24 bits per heavy atom. The Labute approximate surface area is 154 Å². The van der Waals surface area contributed by atoms with Crippen LogP contribution in [-0.2, 0) is 6.54 Å². The van der Waals surface area contributed by atoms with Gasteiger partial charge in [-0.25, -0.2) is 4.39 Å². The normalized spacial score (nSPS) is 17.2. The van der Waals surface area contributed by atoms with E-state index in [0.29, 0.717) is 17.3 Å². The number of nitrogens with zero attached hydrogens (tertiary/aromatic N) is 1. The van der Waals surface area contributed by atoms with Gasteiger partial charge in [-0.05, 0) is 66.9 Å². The van der Waals surface area contributed by atoms with Crippen molar-refractivity contribution in [2.24, 2.45) is 5.92 Å². The van der Waals surface area contributed by atoms with Gasteiger partial charge in [0.2, 0.25) is 0 Å². The van der Waals surface area contributed by atoms with E-state index < -0.39 is 0 Å². The Morgan fingerprint density at radius 2 is 2.04 bits per heavy atom. The molecule has 0 saturated carbocycles. The fourth-order valence-corrected chi connectivity index (χ4v) is 3.36. The summed E-state index contributed by atoms with van der Waals surface area (Å²) in [6, 6.07) is 14.9. The van der Waals surface area contributed by atoms with E-state index in [1.54, 1.807) is 12.1 Å². The molecular weight excluding hydrogens is 333 g/mol. The van der Waals surface area contributed by atoms with Crippen molar-refractivity contribution in [2.45, 2.75) is 26.3 Å². The third-order valence-electron chi connectivity index (χ3n) is 4.49. The maximum atomic E-state index is 13.2. The Bertz CT molecular complexity index is 717. The van der Waals surface area contributed by atoms with Crippen molar-refractivity contribution < 1.29 is 4.39 Å². The average molecular weight is 357 g/mol. The Kier molecular flexibility index (Phi) is 5.87. The number of halogens is 1. The summed E-state index contributed by atoms with van der Waals surface area (Å²) in [5.41, 5.74) is 3.10. The van der Waals surface area contributed by atoms with E-state index in [0.717, 1.165) is 24.6 Å². The van der Waals surface area contributed by atoms with Gasteiger partial charge in [0.25, 0.3) is 0 Å². The molecule has 1 heterocycles. The minimum absolute atomic E-state index is 0.282. The topological polar surface area (TPSA) is 27.3 Å². The maximum absolute atomic E-state index is 13.2. The van der Waals surface area contributed by atoms with Crippen molar-refractivity contribution in [3.63, 3.8) is 0 Å². The largest absolute Gasteiger partial charge is 0.371 e. The molecule has 1 saturated heterocycles. The van der Waals surface area contributed by atoms with Gasteiger partial charge in [0.1, 0.15) is 5.82 Å². The third kappa shape index (κ3) is 5.16. The predicted molar refractivity (Wildman–Crippen MR) is 107 cm³/mol. The van der Waals surface area contributed by atoms with Gasteiger partial charge in [-0.3, -0.25) is 0 Å². The molecule has 0 aromatic heterocycles. The average Bonchev–Trinajstić information content (AvgIpc) is 2.60. The molecule has 0 aliphatic carbocycles. The van der Waals surface area contributed by atoms with Crippen LogP contribution in [0, 0.1) is 11.7 Å². The lowest BCUT2D eigenvalue weighted by molar-refractivity contribution is 0.447. The number of thiocarbonyl (C=S) groups is 1. The fraction of sp³-hybridized carbons (Fsp3) is 0.350. The molecule has 3 rings (SSSR count). The van der Waals surface area contributed by atoms with Gasteiger partial charge in [0, 0.05) is 31.0 Å². The Balaban J connectivity index is 1.50. The van der Waals surface area contributed by atoms with Gasteiger partial charge < -0.3 is 15.5 Å². The van der Waals surface area contributed by atoms with Crippen LogP contribution in [0.3, 0.4) is 0 Å². The number of nitrogens with one attached hydrogen (secondary N) is 2. The zero-order valence-electron chi connectivity index (χ0n) is 14.5. The van der Waals surface area contributed by atoms with Crippen LogP contribution in [0.4, 0.5) is 15.8 Å². The second kappa shape index (κ2) is 8.30. The number of hydrogen-bond donors (Lipinski definition) is 2. The van der Waals surface area contributed by atoms with Crippen molar-refractivity contribution >= 4 is 28.7 Å². The molecule has 2 aromatic carbocycles. The van der Waals surface area contributed by atoms with Crippen LogP contribution in [0.25, 0.3) is 0 Å².